The SMILES string of the molecule is Cc1cc(C(F)(F)F)c2c(N)nn(C(=O)c3c(C)oc4c3CCCC4)c2n1. The van der Waals surface area contributed by atoms with Crippen LogP contribution in [0, 0.1) is 13.8 Å². The predicted octanol–water partition coefficient (Wildman–Crippen LogP) is 3.81. The van der Waals surface area contributed by atoms with Gasteiger partial charge in [-0.3, -0.25) is 4.79 Å². The van der Waals surface area contributed by atoms with E-state index in [2.05, 4.69) is 10.1 Å². The van der Waals surface area contributed by atoms with Gasteiger partial charge in [-0.05, 0) is 39.2 Å². The molecule has 0 bridgehead atoms. The molecule has 2 N–H and O–H groups in total. The number of fused-ring (bicyclic) bond motifs is 2. The third kappa shape index (κ3) is 2.68. The van der Waals surface area contributed by atoms with Gasteiger partial charge in [-0.2, -0.15) is 17.9 Å². The summed E-state index contributed by atoms with van der Waals surface area (Å²) in [6.07, 6.45) is -1.32. The average Bonchev–Trinajstić information content (AvgIpc) is 3.09. The summed E-state index contributed by atoms with van der Waals surface area (Å²) in [6.45, 7) is 3.10. The molecule has 1 aliphatic rings. The van der Waals surface area contributed by atoms with Crippen LogP contribution >= 0.6 is 0 Å². The van der Waals surface area contributed by atoms with Crippen LogP contribution in [0.3, 0.4) is 0 Å². The number of aromatic nitrogens is 3. The van der Waals surface area contributed by atoms with Crippen molar-refractivity contribution in [2.45, 2.75) is 45.7 Å². The Balaban J connectivity index is 1.95. The van der Waals surface area contributed by atoms with Gasteiger partial charge in [0.05, 0.1) is 16.5 Å². The van der Waals surface area contributed by atoms with Gasteiger partial charge in [-0.1, -0.05) is 0 Å². The zero-order valence-electron chi connectivity index (χ0n) is 14.8. The number of carbonyl (C=O) groups is 1. The molecule has 0 unspecified atom stereocenters. The Labute approximate surface area is 152 Å². The van der Waals surface area contributed by atoms with Crippen LogP contribution in [0.25, 0.3) is 11.0 Å². The number of alkyl halides is 3. The van der Waals surface area contributed by atoms with Gasteiger partial charge >= 0.3 is 6.18 Å². The topological polar surface area (TPSA) is 86.9 Å². The van der Waals surface area contributed by atoms with Crippen LogP contribution in [0.4, 0.5) is 19.0 Å². The standard InChI is InChI=1S/C18H17F3N4O2/c1-8-7-11(18(19,20)21)14-15(22)24-25(16(14)23-8)17(26)13-9(2)27-12-6-4-3-5-10(12)13/h7H,3-6H2,1-2H3,(H2,22,24). The first kappa shape index (κ1) is 17.6. The molecule has 9 heteroatoms. The number of nitrogen functional groups attached to an aromatic ring is 1. The van der Waals surface area contributed by atoms with Crippen LogP contribution in [-0.4, -0.2) is 20.7 Å². The number of hydrogen-bond acceptors (Lipinski definition) is 5. The van der Waals surface area contributed by atoms with Crippen LogP contribution in [0.1, 0.15) is 51.5 Å². The Kier molecular flexibility index (Phi) is 3.79. The van der Waals surface area contributed by atoms with E-state index in [0.29, 0.717) is 17.7 Å². The summed E-state index contributed by atoms with van der Waals surface area (Å²) < 4.78 is 46.9. The van der Waals surface area contributed by atoms with E-state index < -0.39 is 17.6 Å². The Morgan fingerprint density at radius 2 is 1.96 bits per heavy atom. The molecular weight excluding hydrogens is 361 g/mol. The number of nitrogens with two attached hydrogens (primary N) is 1. The fraction of sp³-hybridized carbons (Fsp3) is 0.389. The summed E-state index contributed by atoms with van der Waals surface area (Å²) in [5.41, 5.74) is 5.85. The molecule has 142 valence electrons. The number of aryl methyl sites for hydroxylation is 3. The Morgan fingerprint density at radius 1 is 1.26 bits per heavy atom. The number of hydrogen-bond donors (Lipinski definition) is 1. The summed E-state index contributed by atoms with van der Waals surface area (Å²) in [7, 11) is 0. The van der Waals surface area contributed by atoms with Gasteiger partial charge in [-0.25, -0.2) is 4.98 Å². The molecule has 3 aromatic heterocycles. The molecule has 0 radical (unpaired) electrons. The molecule has 27 heavy (non-hydrogen) atoms. The first-order valence-corrected chi connectivity index (χ1v) is 8.57. The van der Waals surface area contributed by atoms with Gasteiger partial charge < -0.3 is 10.2 Å². The van der Waals surface area contributed by atoms with Crippen molar-refractivity contribution in [3.63, 3.8) is 0 Å². The highest BCUT2D eigenvalue weighted by molar-refractivity contribution is 6.04. The van der Waals surface area contributed by atoms with Gasteiger partial charge in [-0.15, -0.1) is 5.10 Å². The van der Waals surface area contributed by atoms with Crippen molar-refractivity contribution in [3.8, 4) is 0 Å². The monoisotopic (exact) mass is 378 g/mol. The van der Waals surface area contributed by atoms with Crippen molar-refractivity contribution in [1.29, 1.82) is 0 Å². The maximum absolute atomic E-state index is 13.4. The van der Waals surface area contributed by atoms with E-state index in [1.165, 1.54) is 6.92 Å². The van der Waals surface area contributed by atoms with Crippen molar-refractivity contribution < 1.29 is 22.4 Å². The fourth-order valence-electron chi connectivity index (χ4n) is 3.72. The van der Waals surface area contributed by atoms with Gasteiger partial charge in [0.2, 0.25) is 0 Å². The lowest BCUT2D eigenvalue weighted by Gasteiger charge is -2.11. The first-order chi connectivity index (χ1) is 12.7. The average molecular weight is 378 g/mol. The molecule has 0 atom stereocenters. The molecule has 4 rings (SSSR count). The maximum atomic E-state index is 13.4. The van der Waals surface area contributed by atoms with E-state index >= 15 is 0 Å². The number of rotatable bonds is 1. The Bertz CT molecular complexity index is 1080. The van der Waals surface area contributed by atoms with E-state index in [1.54, 1.807) is 6.92 Å². The second-order valence-electron chi connectivity index (χ2n) is 6.75. The van der Waals surface area contributed by atoms with Crippen molar-refractivity contribution in [3.05, 3.63) is 40.0 Å². The molecule has 3 heterocycles. The van der Waals surface area contributed by atoms with Crippen LogP contribution in [0.2, 0.25) is 0 Å². The molecule has 0 amide bonds. The smallest absolute Gasteiger partial charge is 0.417 e. The molecule has 0 saturated carbocycles. The van der Waals surface area contributed by atoms with Crippen molar-refractivity contribution in [2.24, 2.45) is 0 Å². The number of halogens is 3. The van der Waals surface area contributed by atoms with E-state index in [0.717, 1.165) is 41.3 Å². The zero-order chi connectivity index (χ0) is 19.5. The van der Waals surface area contributed by atoms with E-state index in [9.17, 15) is 18.0 Å². The van der Waals surface area contributed by atoms with Crippen LogP contribution in [0.5, 0.6) is 0 Å². The highest BCUT2D eigenvalue weighted by Gasteiger charge is 2.37. The van der Waals surface area contributed by atoms with Crippen LogP contribution in [-0.2, 0) is 19.0 Å². The third-order valence-electron chi connectivity index (χ3n) is 4.85. The lowest BCUT2D eigenvalue weighted by atomic mass is 9.94. The lowest BCUT2D eigenvalue weighted by molar-refractivity contribution is -0.136. The number of nitrogens with zero attached hydrogens (tertiary/aromatic N) is 3. The molecule has 0 saturated heterocycles. The summed E-state index contributed by atoms with van der Waals surface area (Å²) >= 11 is 0. The molecule has 0 aliphatic heterocycles. The van der Waals surface area contributed by atoms with E-state index in [-0.39, 0.29) is 22.5 Å². The quantitative estimate of drug-likeness (QED) is 0.696. The van der Waals surface area contributed by atoms with Crippen molar-refractivity contribution in [1.82, 2.24) is 14.8 Å². The summed E-state index contributed by atoms with van der Waals surface area (Å²) in [6, 6.07) is 0.903. The third-order valence-corrected chi connectivity index (χ3v) is 4.85. The predicted molar refractivity (Wildman–Crippen MR) is 91.5 cm³/mol. The van der Waals surface area contributed by atoms with Crippen molar-refractivity contribution >= 4 is 22.8 Å². The van der Waals surface area contributed by atoms with Gasteiger partial charge in [0.15, 0.2) is 11.5 Å². The maximum Gasteiger partial charge on any atom is 0.417 e. The Morgan fingerprint density at radius 3 is 2.67 bits per heavy atom. The number of anilines is 1. The molecule has 3 aromatic rings. The minimum atomic E-state index is -4.64. The molecule has 0 fully saturated rings. The zero-order valence-corrected chi connectivity index (χ0v) is 14.8. The number of carbonyl (C=O) groups excluding carboxylic acids is 1. The summed E-state index contributed by atoms with van der Waals surface area (Å²) in [5, 5.41) is 3.53. The van der Waals surface area contributed by atoms with Crippen molar-refractivity contribution in [2.75, 3.05) is 5.73 Å². The van der Waals surface area contributed by atoms with Crippen LogP contribution < -0.4 is 5.73 Å². The highest BCUT2D eigenvalue weighted by Crippen LogP contribution is 2.38. The second kappa shape index (κ2) is 5.83. The van der Waals surface area contributed by atoms with Crippen LogP contribution in [0.15, 0.2) is 10.5 Å². The fourth-order valence-corrected chi connectivity index (χ4v) is 3.72. The lowest BCUT2D eigenvalue weighted by Crippen LogP contribution is -2.18. The molecule has 0 spiro atoms. The van der Waals surface area contributed by atoms with E-state index in [4.69, 9.17) is 10.2 Å². The van der Waals surface area contributed by atoms with Gasteiger partial charge in [0.25, 0.3) is 5.91 Å². The highest BCUT2D eigenvalue weighted by atomic mass is 19.4. The largest absolute Gasteiger partial charge is 0.465 e. The molecule has 0 aromatic carbocycles. The second-order valence-corrected chi connectivity index (χ2v) is 6.75. The summed E-state index contributed by atoms with van der Waals surface area (Å²) in [4.78, 5) is 17.3. The number of furan rings is 1. The molecule has 6 nitrogen and oxygen atoms in total. The minimum absolute atomic E-state index is 0.120. The number of pyridine rings is 1. The first-order valence-electron chi connectivity index (χ1n) is 8.57. The molecule has 1 aliphatic carbocycles. The van der Waals surface area contributed by atoms with Gasteiger partial charge in [0.1, 0.15) is 11.5 Å². The summed E-state index contributed by atoms with van der Waals surface area (Å²) in [5.74, 6) is 0.227. The Hall–Kier alpha value is -2.84. The van der Waals surface area contributed by atoms with Gasteiger partial charge in [0, 0.05) is 17.7 Å². The normalized spacial score (nSPS) is 14.6. The minimum Gasteiger partial charge on any atom is -0.465 e. The molecular formula is C18H17F3N4O2. The van der Waals surface area contributed by atoms with E-state index in [1.807, 2.05) is 0 Å².